The number of hydrogen-bond donors (Lipinski definition) is 4. The van der Waals surface area contributed by atoms with Gasteiger partial charge in [-0.25, -0.2) is 4.79 Å². The zero-order valence-corrected chi connectivity index (χ0v) is 14.3. The van der Waals surface area contributed by atoms with E-state index in [0.717, 1.165) is 0 Å². The molecule has 0 heterocycles. The fourth-order valence-electron chi connectivity index (χ4n) is 2.05. The van der Waals surface area contributed by atoms with Gasteiger partial charge in [0.1, 0.15) is 11.6 Å². The van der Waals surface area contributed by atoms with E-state index in [-0.39, 0.29) is 17.0 Å². The van der Waals surface area contributed by atoms with Crippen molar-refractivity contribution in [2.24, 2.45) is 0 Å². The number of nitrogens with one attached hydrogen (secondary N) is 3. The summed E-state index contributed by atoms with van der Waals surface area (Å²) in [5, 5.41) is 26.0. The van der Waals surface area contributed by atoms with Crippen LogP contribution in [-0.2, 0) is 9.59 Å². The van der Waals surface area contributed by atoms with E-state index in [1.54, 1.807) is 30.3 Å². The first-order chi connectivity index (χ1) is 12.9. The van der Waals surface area contributed by atoms with Gasteiger partial charge in [0, 0.05) is 30.2 Å². The minimum Gasteiger partial charge on any atom is -0.478 e. The molecule has 8 nitrogen and oxygen atoms in total. The first-order valence-corrected chi connectivity index (χ1v) is 7.78. The molecule has 0 bridgehead atoms. The highest BCUT2D eigenvalue weighted by Crippen LogP contribution is 2.15. The number of hydrogen-bond acceptors (Lipinski definition) is 5. The Morgan fingerprint density at radius 2 is 1.44 bits per heavy atom. The minimum absolute atomic E-state index is 0.0911. The Labute approximate surface area is 155 Å². The maximum atomic E-state index is 12.2. The Morgan fingerprint density at radius 3 is 1.96 bits per heavy atom. The van der Waals surface area contributed by atoms with Gasteiger partial charge in [0.2, 0.25) is 5.91 Å². The lowest BCUT2D eigenvalue weighted by Crippen LogP contribution is -2.14. The Kier molecular flexibility index (Phi) is 6.28. The summed E-state index contributed by atoms with van der Waals surface area (Å²) in [6, 6.07) is 14.1. The standard InChI is InChI=1S/C19H16N4O4/c1-12(24)22-16-8-6-15(7-9-16)21-11-14(10-20)18(25)23-17-4-2-13(3-5-17)19(26)27/h2-9,11,21H,1H3,(H,22,24)(H,23,25)(H,26,27)/b14-11-. The lowest BCUT2D eigenvalue weighted by molar-refractivity contribution is -0.114. The van der Waals surface area contributed by atoms with E-state index < -0.39 is 11.9 Å². The fourth-order valence-corrected chi connectivity index (χ4v) is 2.05. The summed E-state index contributed by atoms with van der Waals surface area (Å²) in [5.74, 6) is -1.89. The average Bonchev–Trinajstić information content (AvgIpc) is 2.63. The van der Waals surface area contributed by atoms with Crippen LogP contribution in [0.2, 0.25) is 0 Å². The Hall–Kier alpha value is -4.12. The predicted molar refractivity (Wildman–Crippen MR) is 100 cm³/mol. The molecular weight excluding hydrogens is 348 g/mol. The van der Waals surface area contributed by atoms with E-state index in [2.05, 4.69) is 16.0 Å². The summed E-state index contributed by atoms with van der Waals surface area (Å²) >= 11 is 0. The molecule has 0 saturated heterocycles. The summed E-state index contributed by atoms with van der Waals surface area (Å²) in [6.07, 6.45) is 1.26. The molecule has 27 heavy (non-hydrogen) atoms. The lowest BCUT2D eigenvalue weighted by atomic mass is 10.2. The molecule has 4 N–H and O–H groups in total. The molecule has 0 aliphatic carbocycles. The van der Waals surface area contributed by atoms with Crippen LogP contribution < -0.4 is 16.0 Å². The fraction of sp³-hybridized carbons (Fsp3) is 0.0526. The second kappa shape index (κ2) is 8.82. The van der Waals surface area contributed by atoms with E-state index in [1.165, 1.54) is 37.4 Å². The van der Waals surface area contributed by atoms with Gasteiger partial charge in [-0.2, -0.15) is 5.26 Å². The highest BCUT2D eigenvalue weighted by Gasteiger charge is 2.10. The summed E-state index contributed by atoms with van der Waals surface area (Å²) < 4.78 is 0. The van der Waals surface area contributed by atoms with Crippen molar-refractivity contribution in [2.45, 2.75) is 6.92 Å². The Balaban J connectivity index is 2.02. The maximum absolute atomic E-state index is 12.2. The van der Waals surface area contributed by atoms with Crippen molar-refractivity contribution in [2.75, 3.05) is 16.0 Å². The number of anilines is 3. The van der Waals surface area contributed by atoms with Crippen molar-refractivity contribution in [3.05, 3.63) is 65.9 Å². The van der Waals surface area contributed by atoms with Crippen molar-refractivity contribution in [3.8, 4) is 6.07 Å². The number of rotatable bonds is 6. The number of benzene rings is 2. The number of nitriles is 1. The zero-order valence-electron chi connectivity index (χ0n) is 14.3. The molecule has 0 atom stereocenters. The summed E-state index contributed by atoms with van der Waals surface area (Å²) in [5.41, 5.74) is 1.54. The van der Waals surface area contributed by atoms with Gasteiger partial charge in [0.15, 0.2) is 0 Å². The van der Waals surface area contributed by atoms with E-state index in [4.69, 9.17) is 10.4 Å². The minimum atomic E-state index is -1.07. The van der Waals surface area contributed by atoms with Crippen molar-refractivity contribution < 1.29 is 19.5 Å². The normalized spacial score (nSPS) is 10.4. The third-order valence-corrected chi connectivity index (χ3v) is 3.34. The molecule has 0 aliphatic rings. The van der Waals surface area contributed by atoms with Crippen molar-refractivity contribution in [1.29, 1.82) is 5.26 Å². The van der Waals surface area contributed by atoms with Crippen LogP contribution in [-0.4, -0.2) is 22.9 Å². The van der Waals surface area contributed by atoms with Crippen LogP contribution in [0, 0.1) is 11.3 Å². The van der Waals surface area contributed by atoms with Gasteiger partial charge in [-0.3, -0.25) is 9.59 Å². The molecule has 136 valence electrons. The molecule has 0 fully saturated rings. The maximum Gasteiger partial charge on any atom is 0.335 e. The second-order valence-electron chi connectivity index (χ2n) is 5.41. The predicted octanol–water partition coefficient (Wildman–Crippen LogP) is 2.80. The number of amides is 2. The molecule has 2 aromatic rings. The van der Waals surface area contributed by atoms with Crippen LogP contribution in [0.1, 0.15) is 17.3 Å². The second-order valence-corrected chi connectivity index (χ2v) is 5.41. The molecule has 0 unspecified atom stereocenters. The number of carboxylic acids is 1. The number of carbonyl (C=O) groups excluding carboxylic acids is 2. The smallest absolute Gasteiger partial charge is 0.335 e. The summed E-state index contributed by atoms with van der Waals surface area (Å²) in [4.78, 5) is 34.0. The lowest BCUT2D eigenvalue weighted by Gasteiger charge is -2.06. The number of aromatic carboxylic acids is 1. The van der Waals surface area contributed by atoms with E-state index in [0.29, 0.717) is 17.1 Å². The first-order valence-electron chi connectivity index (χ1n) is 7.78. The van der Waals surface area contributed by atoms with Gasteiger partial charge >= 0.3 is 5.97 Å². The van der Waals surface area contributed by atoms with Crippen LogP contribution in [0.5, 0.6) is 0 Å². The molecule has 0 aromatic heterocycles. The molecule has 0 aliphatic heterocycles. The van der Waals surface area contributed by atoms with E-state index in [1.807, 2.05) is 0 Å². The van der Waals surface area contributed by atoms with Gasteiger partial charge in [0.05, 0.1) is 5.56 Å². The number of carbonyl (C=O) groups is 3. The van der Waals surface area contributed by atoms with Gasteiger partial charge < -0.3 is 21.1 Å². The van der Waals surface area contributed by atoms with Crippen LogP contribution in [0.3, 0.4) is 0 Å². The van der Waals surface area contributed by atoms with Gasteiger partial charge in [-0.05, 0) is 48.5 Å². The molecule has 2 amide bonds. The molecule has 8 heteroatoms. The third-order valence-electron chi connectivity index (χ3n) is 3.34. The Morgan fingerprint density at radius 1 is 0.926 bits per heavy atom. The topological polar surface area (TPSA) is 131 Å². The zero-order chi connectivity index (χ0) is 19.8. The molecule has 2 aromatic carbocycles. The summed E-state index contributed by atoms with van der Waals surface area (Å²) in [7, 11) is 0. The van der Waals surface area contributed by atoms with Gasteiger partial charge in [0.25, 0.3) is 5.91 Å². The van der Waals surface area contributed by atoms with Gasteiger partial charge in [-0.1, -0.05) is 0 Å². The number of carboxylic acid groups (broad SMARTS) is 1. The average molecular weight is 364 g/mol. The highest BCUT2D eigenvalue weighted by molar-refractivity contribution is 6.06. The van der Waals surface area contributed by atoms with Crippen LogP contribution in [0.4, 0.5) is 17.1 Å². The van der Waals surface area contributed by atoms with Crippen LogP contribution in [0.25, 0.3) is 0 Å². The van der Waals surface area contributed by atoms with Crippen molar-refractivity contribution >= 4 is 34.8 Å². The van der Waals surface area contributed by atoms with E-state index in [9.17, 15) is 14.4 Å². The Bertz CT molecular complexity index is 926. The van der Waals surface area contributed by atoms with Gasteiger partial charge in [-0.15, -0.1) is 0 Å². The summed E-state index contributed by atoms with van der Waals surface area (Å²) in [6.45, 7) is 1.40. The number of nitrogens with zero attached hydrogens (tertiary/aromatic N) is 1. The largest absolute Gasteiger partial charge is 0.478 e. The molecule has 0 radical (unpaired) electrons. The van der Waals surface area contributed by atoms with Crippen molar-refractivity contribution in [3.63, 3.8) is 0 Å². The third kappa shape index (κ3) is 5.72. The van der Waals surface area contributed by atoms with E-state index >= 15 is 0 Å². The molecule has 0 spiro atoms. The van der Waals surface area contributed by atoms with Crippen molar-refractivity contribution in [1.82, 2.24) is 0 Å². The first kappa shape index (κ1) is 19.2. The quantitative estimate of drug-likeness (QED) is 0.460. The molecular formula is C19H16N4O4. The molecule has 0 saturated carbocycles. The van der Waals surface area contributed by atoms with Crippen LogP contribution >= 0.6 is 0 Å². The highest BCUT2D eigenvalue weighted by atomic mass is 16.4. The van der Waals surface area contributed by atoms with Crippen LogP contribution in [0.15, 0.2) is 60.3 Å². The SMILES string of the molecule is CC(=O)Nc1ccc(N/C=C(/C#N)C(=O)Nc2ccc(C(=O)O)cc2)cc1. The monoisotopic (exact) mass is 364 g/mol. The molecule has 2 rings (SSSR count).